The van der Waals surface area contributed by atoms with Crippen molar-refractivity contribution in [2.75, 3.05) is 25.5 Å². The van der Waals surface area contributed by atoms with Crippen LogP contribution in [0.3, 0.4) is 0 Å². The standard InChI is InChI=1S/C32H40N4O6/c1-4-6-7-10-17-35(3)21-28(37)26(20-29(38)39)34-31(41)27(5-2)36-18-11-14-25(32(36)42)33-30(40)24-16-15-22-12-8-9-13-23(22)19-24/h8-9,11-16,18-19,26-27H,4-7,10,17,20-21H2,1-3H3,(H,33,40)(H,34,41)(H,38,39)/t26-,27?/m0/s1. The van der Waals surface area contributed by atoms with E-state index < -0.39 is 47.6 Å². The van der Waals surface area contributed by atoms with Crippen molar-refractivity contribution >= 4 is 40.0 Å². The monoisotopic (exact) mass is 576 g/mol. The quantitative estimate of drug-likeness (QED) is 0.217. The van der Waals surface area contributed by atoms with Gasteiger partial charge < -0.3 is 20.3 Å². The molecule has 0 spiro atoms. The smallest absolute Gasteiger partial charge is 0.305 e. The first-order valence-electron chi connectivity index (χ1n) is 14.4. The summed E-state index contributed by atoms with van der Waals surface area (Å²) in [5.41, 5.74) is -0.232. The number of benzene rings is 2. The molecule has 0 saturated heterocycles. The molecule has 1 aromatic heterocycles. The lowest BCUT2D eigenvalue weighted by molar-refractivity contribution is -0.140. The summed E-state index contributed by atoms with van der Waals surface area (Å²) >= 11 is 0. The fourth-order valence-corrected chi connectivity index (χ4v) is 4.84. The fraction of sp³-hybridized carbons (Fsp3) is 0.406. The highest BCUT2D eigenvalue weighted by atomic mass is 16.4. The van der Waals surface area contributed by atoms with Crippen LogP contribution in [0.5, 0.6) is 0 Å². The number of likely N-dealkylation sites (N-methyl/N-ethyl adjacent to an activating group) is 1. The number of pyridine rings is 1. The Morgan fingerprint density at radius 3 is 2.38 bits per heavy atom. The number of hydrogen-bond acceptors (Lipinski definition) is 6. The Labute approximate surface area is 245 Å². The van der Waals surface area contributed by atoms with E-state index in [0.717, 1.165) is 36.5 Å². The predicted octanol–water partition coefficient (Wildman–Crippen LogP) is 4.25. The van der Waals surface area contributed by atoms with Gasteiger partial charge in [0.05, 0.1) is 19.0 Å². The first-order valence-corrected chi connectivity index (χ1v) is 14.4. The van der Waals surface area contributed by atoms with Gasteiger partial charge >= 0.3 is 5.97 Å². The third-order valence-electron chi connectivity index (χ3n) is 7.16. The third kappa shape index (κ3) is 8.84. The molecule has 10 heteroatoms. The minimum Gasteiger partial charge on any atom is -0.481 e. The zero-order chi connectivity index (χ0) is 30.6. The van der Waals surface area contributed by atoms with Crippen LogP contribution in [-0.4, -0.2) is 64.3 Å². The summed E-state index contributed by atoms with van der Waals surface area (Å²) < 4.78 is 1.19. The first-order chi connectivity index (χ1) is 20.1. The Morgan fingerprint density at radius 2 is 1.69 bits per heavy atom. The minimum absolute atomic E-state index is 0.00260. The largest absolute Gasteiger partial charge is 0.481 e. The molecule has 3 N–H and O–H groups in total. The summed E-state index contributed by atoms with van der Waals surface area (Å²) in [5, 5.41) is 16.5. The molecule has 2 atom stereocenters. The van der Waals surface area contributed by atoms with Crippen LogP contribution in [0.1, 0.15) is 68.8 Å². The number of carboxylic acid groups (broad SMARTS) is 1. The van der Waals surface area contributed by atoms with E-state index in [1.807, 2.05) is 35.2 Å². The molecule has 3 rings (SSSR count). The van der Waals surface area contributed by atoms with Crippen molar-refractivity contribution in [3.8, 4) is 0 Å². The number of nitrogens with one attached hydrogen (secondary N) is 2. The van der Waals surface area contributed by atoms with E-state index >= 15 is 0 Å². The van der Waals surface area contributed by atoms with E-state index in [-0.39, 0.29) is 18.7 Å². The molecule has 10 nitrogen and oxygen atoms in total. The van der Waals surface area contributed by atoms with Gasteiger partial charge in [0.15, 0.2) is 5.78 Å². The van der Waals surface area contributed by atoms with Crippen molar-refractivity contribution < 1.29 is 24.3 Å². The molecule has 0 fully saturated rings. The zero-order valence-electron chi connectivity index (χ0n) is 24.5. The molecular weight excluding hydrogens is 536 g/mol. The SMILES string of the molecule is CCCCCCN(C)CC(=O)[C@H](CC(=O)O)NC(=O)C(CC)n1cccc(NC(=O)c2ccc3ccccc3c2)c1=O. The second kappa shape index (κ2) is 15.6. The van der Waals surface area contributed by atoms with Gasteiger partial charge in [-0.3, -0.25) is 28.9 Å². The third-order valence-corrected chi connectivity index (χ3v) is 7.16. The van der Waals surface area contributed by atoms with Gasteiger partial charge in [0, 0.05) is 11.8 Å². The molecule has 2 aromatic carbocycles. The number of amides is 2. The highest BCUT2D eigenvalue weighted by Crippen LogP contribution is 2.17. The number of fused-ring (bicyclic) bond motifs is 1. The average Bonchev–Trinajstić information content (AvgIpc) is 2.96. The highest BCUT2D eigenvalue weighted by molar-refractivity contribution is 6.06. The van der Waals surface area contributed by atoms with Crippen LogP contribution in [0.25, 0.3) is 10.8 Å². The van der Waals surface area contributed by atoms with Crippen molar-refractivity contribution in [1.29, 1.82) is 0 Å². The Hall–Kier alpha value is -4.31. The molecule has 0 aliphatic carbocycles. The summed E-state index contributed by atoms with van der Waals surface area (Å²) in [5.74, 6) is -2.76. The molecule has 1 heterocycles. The van der Waals surface area contributed by atoms with Gasteiger partial charge in [0.1, 0.15) is 11.7 Å². The normalized spacial score (nSPS) is 12.6. The molecule has 0 saturated carbocycles. The maximum Gasteiger partial charge on any atom is 0.305 e. The Morgan fingerprint density at radius 1 is 0.952 bits per heavy atom. The summed E-state index contributed by atoms with van der Waals surface area (Å²) in [6.07, 6.45) is 5.21. The van der Waals surface area contributed by atoms with E-state index in [0.29, 0.717) is 12.1 Å². The van der Waals surface area contributed by atoms with Gasteiger partial charge in [0.2, 0.25) is 5.91 Å². The molecular formula is C32H40N4O6. The number of aromatic nitrogens is 1. The van der Waals surface area contributed by atoms with Crippen LogP contribution in [0.15, 0.2) is 65.6 Å². The molecule has 0 aliphatic heterocycles. The van der Waals surface area contributed by atoms with Gasteiger partial charge in [0.25, 0.3) is 11.5 Å². The van der Waals surface area contributed by atoms with Crippen molar-refractivity contribution in [2.45, 2.75) is 64.5 Å². The molecule has 0 aliphatic rings. The van der Waals surface area contributed by atoms with Crippen LogP contribution in [0.4, 0.5) is 5.69 Å². The number of carbonyl (C=O) groups excluding carboxylic acids is 3. The molecule has 1 unspecified atom stereocenters. The number of carbonyl (C=O) groups is 4. The van der Waals surface area contributed by atoms with E-state index in [1.54, 1.807) is 32.2 Å². The molecule has 224 valence electrons. The van der Waals surface area contributed by atoms with Gasteiger partial charge in [-0.2, -0.15) is 0 Å². The number of nitrogens with zero attached hydrogens (tertiary/aromatic N) is 2. The maximum atomic E-state index is 13.3. The van der Waals surface area contributed by atoms with Gasteiger partial charge in [-0.15, -0.1) is 0 Å². The van der Waals surface area contributed by atoms with Crippen molar-refractivity contribution in [1.82, 2.24) is 14.8 Å². The van der Waals surface area contributed by atoms with E-state index in [9.17, 15) is 29.1 Å². The van der Waals surface area contributed by atoms with Crippen molar-refractivity contribution in [3.63, 3.8) is 0 Å². The van der Waals surface area contributed by atoms with Crippen LogP contribution in [0.2, 0.25) is 0 Å². The molecule has 42 heavy (non-hydrogen) atoms. The topological polar surface area (TPSA) is 138 Å². The van der Waals surface area contributed by atoms with Crippen LogP contribution >= 0.6 is 0 Å². The maximum absolute atomic E-state index is 13.3. The molecule has 0 bridgehead atoms. The second-order valence-corrected chi connectivity index (χ2v) is 10.5. The number of carboxylic acids is 1. The lowest BCUT2D eigenvalue weighted by atomic mass is 10.1. The number of unbranched alkanes of at least 4 members (excludes halogenated alkanes) is 3. The number of hydrogen-bond donors (Lipinski definition) is 3. The fourth-order valence-electron chi connectivity index (χ4n) is 4.84. The van der Waals surface area contributed by atoms with Crippen LogP contribution in [-0.2, 0) is 14.4 Å². The minimum atomic E-state index is -1.24. The lowest BCUT2D eigenvalue weighted by Gasteiger charge is -2.24. The number of ketones is 1. The van der Waals surface area contributed by atoms with Crippen molar-refractivity contribution in [2.24, 2.45) is 0 Å². The van der Waals surface area contributed by atoms with Crippen LogP contribution in [0, 0.1) is 0 Å². The number of anilines is 1. The number of aliphatic carboxylic acids is 1. The van der Waals surface area contributed by atoms with E-state index in [1.165, 1.54) is 16.8 Å². The summed E-state index contributed by atoms with van der Waals surface area (Å²) in [6.45, 7) is 4.50. The van der Waals surface area contributed by atoms with Crippen LogP contribution < -0.4 is 16.2 Å². The predicted molar refractivity (Wildman–Crippen MR) is 163 cm³/mol. The molecule has 0 radical (unpaired) electrons. The van der Waals surface area contributed by atoms with Gasteiger partial charge in [-0.25, -0.2) is 0 Å². The highest BCUT2D eigenvalue weighted by Gasteiger charge is 2.29. The Bertz CT molecular complexity index is 1470. The molecule has 3 aromatic rings. The lowest BCUT2D eigenvalue weighted by Crippen LogP contribution is -2.49. The zero-order valence-corrected chi connectivity index (χ0v) is 24.5. The van der Waals surface area contributed by atoms with Crippen molar-refractivity contribution in [3.05, 3.63) is 76.7 Å². The Kier molecular flexibility index (Phi) is 12.0. The van der Waals surface area contributed by atoms with E-state index in [4.69, 9.17) is 0 Å². The number of Topliss-reactive ketones (excluding diaryl/α,β-unsaturated/α-hetero) is 1. The Balaban J connectivity index is 1.73. The number of rotatable bonds is 16. The van der Waals surface area contributed by atoms with E-state index in [2.05, 4.69) is 17.6 Å². The second-order valence-electron chi connectivity index (χ2n) is 10.5. The first kappa shape index (κ1) is 32.2. The average molecular weight is 577 g/mol. The van der Waals surface area contributed by atoms with Gasteiger partial charge in [-0.1, -0.05) is 63.4 Å². The van der Waals surface area contributed by atoms with Gasteiger partial charge in [-0.05, 0) is 61.5 Å². The summed E-state index contributed by atoms with van der Waals surface area (Å²) in [6, 6.07) is 13.6. The summed E-state index contributed by atoms with van der Waals surface area (Å²) in [7, 11) is 1.79. The summed E-state index contributed by atoms with van der Waals surface area (Å²) in [4.78, 5) is 65.9. The molecule has 2 amide bonds.